The van der Waals surface area contributed by atoms with Crippen molar-refractivity contribution in [2.75, 3.05) is 0 Å². The third kappa shape index (κ3) is 8.16. The van der Waals surface area contributed by atoms with Crippen molar-refractivity contribution in [2.24, 2.45) is 17.8 Å². The molecular weight excluding hydrogens is 311 g/mol. The van der Waals surface area contributed by atoms with Crippen LogP contribution in [0.4, 0.5) is 0 Å². The summed E-state index contributed by atoms with van der Waals surface area (Å²) in [6.45, 7) is 18.5. The lowest BCUT2D eigenvalue weighted by atomic mass is 10.1. The van der Waals surface area contributed by atoms with Crippen LogP contribution in [-0.2, 0) is 18.1 Å². The van der Waals surface area contributed by atoms with E-state index < -0.39 is 7.82 Å². The van der Waals surface area contributed by atoms with Crippen molar-refractivity contribution in [1.29, 1.82) is 0 Å². The van der Waals surface area contributed by atoms with E-state index in [1.54, 1.807) is 0 Å². The van der Waals surface area contributed by atoms with Crippen LogP contribution < -0.4 is 0 Å². The highest BCUT2D eigenvalue weighted by molar-refractivity contribution is 7.48. The lowest BCUT2D eigenvalue weighted by Gasteiger charge is -2.32. The van der Waals surface area contributed by atoms with E-state index in [4.69, 9.17) is 13.6 Å². The topological polar surface area (TPSA) is 44.8 Å². The molecule has 23 heavy (non-hydrogen) atoms. The Morgan fingerprint density at radius 3 is 0.957 bits per heavy atom. The molecule has 0 amide bonds. The van der Waals surface area contributed by atoms with Gasteiger partial charge in [-0.25, -0.2) is 4.57 Å². The van der Waals surface area contributed by atoms with Gasteiger partial charge in [0, 0.05) is 0 Å². The second kappa shape index (κ2) is 10.9. The molecule has 0 aliphatic rings. The van der Waals surface area contributed by atoms with Gasteiger partial charge < -0.3 is 0 Å². The number of phosphoric ester groups is 1. The van der Waals surface area contributed by atoms with Gasteiger partial charge in [0.15, 0.2) is 0 Å². The van der Waals surface area contributed by atoms with E-state index in [9.17, 15) is 4.57 Å². The highest BCUT2D eigenvalue weighted by Crippen LogP contribution is 2.55. The molecule has 0 radical (unpaired) electrons. The molecule has 0 aliphatic heterocycles. The predicted molar refractivity (Wildman–Crippen MR) is 97.6 cm³/mol. The Hall–Kier alpha value is 0.110. The highest BCUT2D eigenvalue weighted by Gasteiger charge is 2.37. The molecule has 3 atom stereocenters. The number of hydrogen-bond donors (Lipinski definition) is 0. The van der Waals surface area contributed by atoms with Crippen LogP contribution in [0.25, 0.3) is 0 Å². The van der Waals surface area contributed by atoms with Crippen LogP contribution in [0.15, 0.2) is 0 Å². The molecule has 0 heterocycles. The molecule has 140 valence electrons. The van der Waals surface area contributed by atoms with Crippen molar-refractivity contribution in [2.45, 2.75) is 99.9 Å². The zero-order valence-electron chi connectivity index (χ0n) is 16.7. The molecule has 0 aliphatic carbocycles. The van der Waals surface area contributed by atoms with Crippen molar-refractivity contribution >= 4 is 7.82 Å². The van der Waals surface area contributed by atoms with Crippen LogP contribution in [0.5, 0.6) is 0 Å². The maximum atomic E-state index is 13.4. The molecule has 0 bridgehead atoms. The average Bonchev–Trinajstić information content (AvgIpc) is 2.47. The molecule has 0 aromatic heterocycles. The third-order valence-corrected chi connectivity index (χ3v) is 5.82. The Kier molecular flexibility index (Phi) is 10.9. The quantitative estimate of drug-likeness (QED) is 0.379. The Bertz CT molecular complexity index is 303. The van der Waals surface area contributed by atoms with E-state index in [2.05, 4.69) is 41.5 Å². The molecule has 0 fully saturated rings. The lowest BCUT2D eigenvalue weighted by molar-refractivity contribution is -0.00281. The summed E-state index contributed by atoms with van der Waals surface area (Å²) in [5.74, 6) is 0.788. The van der Waals surface area contributed by atoms with Crippen molar-refractivity contribution in [3.05, 3.63) is 0 Å². The van der Waals surface area contributed by atoms with E-state index >= 15 is 0 Å². The van der Waals surface area contributed by atoms with Crippen LogP contribution in [-0.4, -0.2) is 18.3 Å². The van der Waals surface area contributed by atoms with Crippen molar-refractivity contribution in [3.8, 4) is 0 Å². The standard InChI is InChI=1S/C18H39O4P/c1-10-16(13(4)5)20-23(19,21-17(11-2)14(6)7)22-18(12-3)15(8)9/h13-18H,10-12H2,1-9H3. The summed E-state index contributed by atoms with van der Waals surface area (Å²) in [5.41, 5.74) is 0. The Labute approximate surface area is 144 Å². The largest absolute Gasteiger partial charge is 0.475 e. The minimum absolute atomic E-state index is 0.129. The summed E-state index contributed by atoms with van der Waals surface area (Å²) < 4.78 is 31.1. The van der Waals surface area contributed by atoms with Crippen LogP contribution in [0, 0.1) is 17.8 Å². The van der Waals surface area contributed by atoms with Gasteiger partial charge in [-0.1, -0.05) is 62.3 Å². The molecule has 0 saturated carbocycles. The summed E-state index contributed by atoms with van der Waals surface area (Å²) >= 11 is 0. The number of phosphoric acid groups is 1. The van der Waals surface area contributed by atoms with Gasteiger partial charge >= 0.3 is 7.82 Å². The summed E-state index contributed by atoms with van der Waals surface area (Å²) in [5, 5.41) is 0. The normalized spacial score (nSPS) is 19.1. The van der Waals surface area contributed by atoms with Gasteiger partial charge in [-0.05, 0) is 37.0 Å². The molecule has 0 saturated heterocycles. The fourth-order valence-corrected chi connectivity index (χ4v) is 4.90. The van der Waals surface area contributed by atoms with Gasteiger partial charge in [0.05, 0.1) is 18.3 Å². The molecular formula is C18H39O4P. The SMILES string of the molecule is CCC(OP(=O)(OC(CC)C(C)C)OC(CC)C(C)C)C(C)C. The van der Waals surface area contributed by atoms with E-state index in [-0.39, 0.29) is 36.1 Å². The van der Waals surface area contributed by atoms with Gasteiger partial charge in [-0.2, -0.15) is 0 Å². The molecule has 5 heteroatoms. The van der Waals surface area contributed by atoms with E-state index in [1.807, 2.05) is 20.8 Å². The fraction of sp³-hybridized carbons (Fsp3) is 1.00. The van der Waals surface area contributed by atoms with Gasteiger partial charge in [-0.3, -0.25) is 13.6 Å². The first-order valence-electron chi connectivity index (χ1n) is 9.25. The third-order valence-electron chi connectivity index (χ3n) is 4.23. The van der Waals surface area contributed by atoms with Crippen LogP contribution in [0.3, 0.4) is 0 Å². The lowest BCUT2D eigenvalue weighted by Crippen LogP contribution is -2.26. The first-order chi connectivity index (χ1) is 10.6. The minimum atomic E-state index is -3.60. The maximum absolute atomic E-state index is 13.4. The summed E-state index contributed by atoms with van der Waals surface area (Å²) in [6.07, 6.45) is 1.96. The predicted octanol–water partition coefficient (Wildman–Crippen LogP) is 6.45. The van der Waals surface area contributed by atoms with Crippen molar-refractivity contribution in [3.63, 3.8) is 0 Å². The molecule has 0 aromatic rings. The van der Waals surface area contributed by atoms with Gasteiger partial charge in [0.1, 0.15) is 0 Å². The first-order valence-corrected chi connectivity index (χ1v) is 10.7. The average molecular weight is 350 g/mol. The smallest absolute Gasteiger partial charge is 0.283 e. The zero-order chi connectivity index (χ0) is 18.2. The van der Waals surface area contributed by atoms with Gasteiger partial charge in [-0.15, -0.1) is 0 Å². The molecule has 3 unspecified atom stereocenters. The second-order valence-electron chi connectivity index (χ2n) is 7.34. The van der Waals surface area contributed by atoms with Crippen molar-refractivity contribution < 1.29 is 18.1 Å². The second-order valence-corrected chi connectivity index (χ2v) is 8.86. The van der Waals surface area contributed by atoms with E-state index in [0.29, 0.717) is 0 Å². The highest BCUT2D eigenvalue weighted by atomic mass is 31.2. The Morgan fingerprint density at radius 1 is 0.609 bits per heavy atom. The molecule has 4 nitrogen and oxygen atoms in total. The molecule has 0 spiro atoms. The van der Waals surface area contributed by atoms with Crippen LogP contribution in [0.1, 0.15) is 81.6 Å². The van der Waals surface area contributed by atoms with Crippen molar-refractivity contribution in [1.82, 2.24) is 0 Å². The Balaban J connectivity index is 5.36. The van der Waals surface area contributed by atoms with Gasteiger partial charge in [0.2, 0.25) is 0 Å². The summed E-state index contributed by atoms with van der Waals surface area (Å²) in [4.78, 5) is 0. The van der Waals surface area contributed by atoms with Crippen LogP contribution >= 0.6 is 7.82 Å². The van der Waals surface area contributed by atoms with E-state index in [0.717, 1.165) is 19.3 Å². The Morgan fingerprint density at radius 2 is 0.826 bits per heavy atom. The van der Waals surface area contributed by atoms with Gasteiger partial charge in [0.25, 0.3) is 0 Å². The molecule has 0 N–H and O–H groups in total. The first kappa shape index (κ1) is 23.1. The fourth-order valence-electron chi connectivity index (χ4n) is 2.57. The van der Waals surface area contributed by atoms with Crippen LogP contribution in [0.2, 0.25) is 0 Å². The summed E-state index contributed by atoms with van der Waals surface area (Å²) in [6, 6.07) is 0. The van der Waals surface area contributed by atoms with E-state index in [1.165, 1.54) is 0 Å². The monoisotopic (exact) mass is 350 g/mol. The number of hydrogen-bond acceptors (Lipinski definition) is 4. The zero-order valence-corrected chi connectivity index (χ0v) is 17.6. The number of rotatable bonds is 12. The maximum Gasteiger partial charge on any atom is 0.475 e. The molecule has 0 rings (SSSR count). The minimum Gasteiger partial charge on any atom is -0.283 e. The molecule has 0 aromatic carbocycles. The summed E-state index contributed by atoms with van der Waals surface area (Å²) in [7, 11) is -3.60.